The van der Waals surface area contributed by atoms with Crippen LogP contribution in [0.4, 0.5) is 0 Å². The van der Waals surface area contributed by atoms with Crippen LogP contribution in [-0.2, 0) is 11.3 Å². The summed E-state index contributed by atoms with van der Waals surface area (Å²) in [6.45, 7) is 5.53. The molecule has 3 rings (SSSR count). The highest BCUT2D eigenvalue weighted by atomic mass is 16.1. The first kappa shape index (κ1) is 12.8. The van der Waals surface area contributed by atoms with E-state index in [0.717, 1.165) is 52.0 Å². The minimum absolute atomic E-state index is 0.455. The Balaban J connectivity index is 1.48. The number of piperazine rings is 1. The largest absolute Gasteiger partial charge is 0.300 e. The number of ketones is 1. The van der Waals surface area contributed by atoms with Crippen LogP contribution >= 0.6 is 0 Å². The summed E-state index contributed by atoms with van der Waals surface area (Å²) in [5.74, 6) is 0.455. The van der Waals surface area contributed by atoms with Crippen LogP contribution in [0.15, 0.2) is 30.3 Å². The zero-order valence-electron chi connectivity index (χ0n) is 11.4. The van der Waals surface area contributed by atoms with Gasteiger partial charge in [0.05, 0.1) is 0 Å². The van der Waals surface area contributed by atoms with E-state index in [1.807, 2.05) is 0 Å². The lowest BCUT2D eigenvalue weighted by Crippen LogP contribution is -2.49. The van der Waals surface area contributed by atoms with E-state index in [1.165, 1.54) is 5.56 Å². The molecule has 1 saturated carbocycles. The Morgan fingerprint density at radius 1 is 1.05 bits per heavy atom. The molecule has 3 nitrogen and oxygen atoms in total. The zero-order chi connectivity index (χ0) is 13.1. The van der Waals surface area contributed by atoms with Crippen LogP contribution in [-0.4, -0.2) is 47.8 Å². The van der Waals surface area contributed by atoms with Crippen molar-refractivity contribution in [3.05, 3.63) is 35.9 Å². The second-order valence-electron chi connectivity index (χ2n) is 5.73. The summed E-state index contributed by atoms with van der Waals surface area (Å²) < 4.78 is 0. The van der Waals surface area contributed by atoms with Crippen LogP contribution in [0.25, 0.3) is 0 Å². The standard InChI is InChI=1S/C16H22N2O/c19-16-7-6-15(12-16)18-10-8-17(9-11-18)13-14-4-2-1-3-5-14/h1-5,15H,6-13H2. The fraction of sp³-hybridized carbons (Fsp3) is 0.562. The van der Waals surface area contributed by atoms with Gasteiger partial charge in [0.2, 0.25) is 0 Å². The van der Waals surface area contributed by atoms with Gasteiger partial charge in [0, 0.05) is 51.6 Å². The number of nitrogens with zero attached hydrogens (tertiary/aromatic N) is 2. The van der Waals surface area contributed by atoms with Gasteiger partial charge in [-0.3, -0.25) is 14.6 Å². The molecular formula is C16H22N2O. The fourth-order valence-electron chi connectivity index (χ4n) is 3.23. The van der Waals surface area contributed by atoms with Gasteiger partial charge in [0.1, 0.15) is 5.78 Å². The molecule has 1 aromatic carbocycles. The molecule has 1 heterocycles. The molecule has 1 saturated heterocycles. The van der Waals surface area contributed by atoms with E-state index in [0.29, 0.717) is 11.8 Å². The first-order valence-electron chi connectivity index (χ1n) is 7.33. The number of carbonyl (C=O) groups excluding carboxylic acids is 1. The van der Waals surface area contributed by atoms with E-state index in [9.17, 15) is 4.79 Å². The predicted molar refractivity (Wildman–Crippen MR) is 75.9 cm³/mol. The molecule has 0 aromatic heterocycles. The van der Waals surface area contributed by atoms with E-state index >= 15 is 0 Å². The average Bonchev–Trinajstić information content (AvgIpc) is 2.87. The highest BCUT2D eigenvalue weighted by molar-refractivity contribution is 5.81. The molecule has 0 spiro atoms. The number of Topliss-reactive ketones (excluding diaryl/α,β-unsaturated/α-hetero) is 1. The van der Waals surface area contributed by atoms with Crippen molar-refractivity contribution in [1.82, 2.24) is 9.80 Å². The topological polar surface area (TPSA) is 23.6 Å². The molecule has 2 fully saturated rings. The molecule has 1 aliphatic carbocycles. The lowest BCUT2D eigenvalue weighted by molar-refractivity contribution is -0.117. The minimum Gasteiger partial charge on any atom is -0.300 e. The maximum Gasteiger partial charge on any atom is 0.134 e. The number of hydrogen-bond acceptors (Lipinski definition) is 3. The number of hydrogen-bond donors (Lipinski definition) is 0. The minimum atomic E-state index is 0.455. The summed E-state index contributed by atoms with van der Waals surface area (Å²) in [6, 6.07) is 11.2. The molecule has 0 bridgehead atoms. The average molecular weight is 258 g/mol. The summed E-state index contributed by atoms with van der Waals surface area (Å²) in [4.78, 5) is 16.4. The van der Waals surface area contributed by atoms with Gasteiger partial charge in [-0.1, -0.05) is 30.3 Å². The third-order valence-corrected chi connectivity index (χ3v) is 4.39. The Hall–Kier alpha value is -1.19. The van der Waals surface area contributed by atoms with Gasteiger partial charge in [0.15, 0.2) is 0 Å². The van der Waals surface area contributed by atoms with Crippen LogP contribution in [0.2, 0.25) is 0 Å². The van der Waals surface area contributed by atoms with Crippen molar-refractivity contribution in [1.29, 1.82) is 0 Å². The summed E-state index contributed by atoms with van der Waals surface area (Å²) in [6.07, 6.45) is 2.67. The van der Waals surface area contributed by atoms with Crippen molar-refractivity contribution in [3.8, 4) is 0 Å². The fourth-order valence-corrected chi connectivity index (χ4v) is 3.23. The Morgan fingerprint density at radius 3 is 2.42 bits per heavy atom. The van der Waals surface area contributed by atoms with Gasteiger partial charge < -0.3 is 0 Å². The number of carbonyl (C=O) groups is 1. The summed E-state index contributed by atoms with van der Waals surface area (Å²) in [5.41, 5.74) is 1.40. The maximum atomic E-state index is 11.4. The van der Waals surface area contributed by atoms with Crippen molar-refractivity contribution < 1.29 is 4.79 Å². The van der Waals surface area contributed by atoms with Crippen molar-refractivity contribution in [3.63, 3.8) is 0 Å². The Bertz CT molecular complexity index is 424. The highest BCUT2D eigenvalue weighted by Gasteiger charge is 2.29. The molecule has 2 aliphatic rings. The third-order valence-electron chi connectivity index (χ3n) is 4.39. The Labute approximate surface area is 115 Å². The molecular weight excluding hydrogens is 236 g/mol. The maximum absolute atomic E-state index is 11.4. The van der Waals surface area contributed by atoms with Gasteiger partial charge in [-0.2, -0.15) is 0 Å². The van der Waals surface area contributed by atoms with Gasteiger partial charge >= 0.3 is 0 Å². The summed E-state index contributed by atoms with van der Waals surface area (Å²) in [7, 11) is 0. The van der Waals surface area contributed by atoms with Gasteiger partial charge in [-0.05, 0) is 12.0 Å². The van der Waals surface area contributed by atoms with Crippen molar-refractivity contribution in [2.24, 2.45) is 0 Å². The van der Waals surface area contributed by atoms with E-state index in [2.05, 4.69) is 40.1 Å². The van der Waals surface area contributed by atoms with Crippen molar-refractivity contribution in [2.75, 3.05) is 26.2 Å². The number of rotatable bonds is 3. The van der Waals surface area contributed by atoms with Crippen molar-refractivity contribution >= 4 is 5.78 Å². The number of benzene rings is 1. The lowest BCUT2D eigenvalue weighted by Gasteiger charge is -2.37. The van der Waals surface area contributed by atoms with E-state index in [1.54, 1.807) is 0 Å². The van der Waals surface area contributed by atoms with Gasteiger partial charge in [-0.25, -0.2) is 0 Å². The van der Waals surface area contributed by atoms with Gasteiger partial charge in [-0.15, -0.1) is 0 Å². The molecule has 19 heavy (non-hydrogen) atoms. The first-order chi connectivity index (χ1) is 9.31. The molecule has 0 N–H and O–H groups in total. The summed E-state index contributed by atoms with van der Waals surface area (Å²) >= 11 is 0. The smallest absolute Gasteiger partial charge is 0.134 e. The van der Waals surface area contributed by atoms with Crippen LogP contribution < -0.4 is 0 Å². The molecule has 1 aliphatic heterocycles. The second-order valence-corrected chi connectivity index (χ2v) is 5.73. The predicted octanol–water partition coefficient (Wildman–Crippen LogP) is 1.93. The molecule has 3 heteroatoms. The van der Waals surface area contributed by atoms with E-state index < -0.39 is 0 Å². The monoisotopic (exact) mass is 258 g/mol. The van der Waals surface area contributed by atoms with E-state index in [4.69, 9.17) is 0 Å². The molecule has 0 amide bonds. The molecule has 1 unspecified atom stereocenters. The van der Waals surface area contributed by atoms with Gasteiger partial charge in [0.25, 0.3) is 0 Å². The molecule has 1 aromatic rings. The van der Waals surface area contributed by atoms with Crippen LogP contribution in [0.5, 0.6) is 0 Å². The van der Waals surface area contributed by atoms with Crippen molar-refractivity contribution in [2.45, 2.75) is 31.8 Å². The Morgan fingerprint density at radius 2 is 1.79 bits per heavy atom. The second kappa shape index (κ2) is 5.85. The lowest BCUT2D eigenvalue weighted by atomic mass is 10.1. The van der Waals surface area contributed by atoms with Crippen LogP contribution in [0.3, 0.4) is 0 Å². The third kappa shape index (κ3) is 3.23. The van der Waals surface area contributed by atoms with E-state index in [-0.39, 0.29) is 0 Å². The Kier molecular flexibility index (Phi) is 3.95. The first-order valence-corrected chi connectivity index (χ1v) is 7.33. The highest BCUT2D eigenvalue weighted by Crippen LogP contribution is 2.22. The molecule has 102 valence electrons. The molecule has 1 atom stereocenters. The van der Waals surface area contributed by atoms with Crippen LogP contribution in [0, 0.1) is 0 Å². The van der Waals surface area contributed by atoms with Crippen LogP contribution in [0.1, 0.15) is 24.8 Å². The zero-order valence-corrected chi connectivity index (χ0v) is 11.4. The normalized spacial score (nSPS) is 25.9. The summed E-state index contributed by atoms with van der Waals surface area (Å²) in [5, 5.41) is 0. The quantitative estimate of drug-likeness (QED) is 0.827. The molecule has 0 radical (unpaired) electrons. The SMILES string of the molecule is O=C1CCC(N2CCN(Cc3ccccc3)CC2)C1.